The summed E-state index contributed by atoms with van der Waals surface area (Å²) in [7, 11) is 5.75. The molecule has 2 fully saturated rings. The lowest BCUT2D eigenvalue weighted by molar-refractivity contribution is 0.331. The van der Waals surface area contributed by atoms with E-state index in [0.717, 1.165) is 17.2 Å². The Morgan fingerprint density at radius 1 is 1.00 bits per heavy atom. The average Bonchev–Trinajstić information content (AvgIpc) is 2.78. The summed E-state index contributed by atoms with van der Waals surface area (Å²) in [6.45, 7) is 1.34. The van der Waals surface area contributed by atoms with Crippen LogP contribution in [0.2, 0.25) is 0 Å². The highest BCUT2D eigenvalue weighted by molar-refractivity contribution is 7.39. The Bertz CT molecular complexity index is 187. The third-order valence-electron chi connectivity index (χ3n) is 4.06. The summed E-state index contributed by atoms with van der Waals surface area (Å²) >= 11 is 0. The topological polar surface area (TPSA) is 3.24 Å². The molecule has 2 rings (SSSR count). The molecular formula is C13H26NP. The van der Waals surface area contributed by atoms with E-state index in [1.165, 1.54) is 47.2 Å². The van der Waals surface area contributed by atoms with Crippen molar-refractivity contribution in [1.29, 1.82) is 0 Å². The van der Waals surface area contributed by atoms with Crippen LogP contribution in [0.4, 0.5) is 0 Å². The quantitative estimate of drug-likeness (QED) is 0.666. The Balaban J connectivity index is 1.79. The molecule has 2 heteroatoms. The molecule has 0 radical (unpaired) electrons. The maximum absolute atomic E-state index is 2.39. The van der Waals surface area contributed by atoms with E-state index in [4.69, 9.17) is 0 Å². The van der Waals surface area contributed by atoms with E-state index in [1.54, 1.807) is 12.8 Å². The van der Waals surface area contributed by atoms with E-state index in [1.807, 2.05) is 0 Å². The van der Waals surface area contributed by atoms with E-state index in [2.05, 4.69) is 19.0 Å². The van der Waals surface area contributed by atoms with Crippen molar-refractivity contribution in [1.82, 2.24) is 4.90 Å². The molecule has 0 N–H and O–H groups in total. The van der Waals surface area contributed by atoms with Gasteiger partial charge in [-0.05, 0) is 57.0 Å². The summed E-state index contributed by atoms with van der Waals surface area (Å²) in [5.41, 5.74) is 2.22. The molecule has 3 atom stereocenters. The molecule has 0 aromatic carbocycles. The van der Waals surface area contributed by atoms with Gasteiger partial charge in [0.25, 0.3) is 0 Å². The monoisotopic (exact) mass is 227 g/mol. The number of rotatable bonds is 4. The van der Waals surface area contributed by atoms with Crippen LogP contribution in [-0.2, 0) is 0 Å². The minimum atomic E-state index is 1.03. The van der Waals surface area contributed by atoms with Gasteiger partial charge in [-0.15, -0.1) is 8.58 Å². The van der Waals surface area contributed by atoms with Crippen LogP contribution >= 0.6 is 8.58 Å². The van der Waals surface area contributed by atoms with Gasteiger partial charge in [0.1, 0.15) is 0 Å². The molecule has 0 aliphatic heterocycles. The van der Waals surface area contributed by atoms with Crippen LogP contribution in [-0.4, -0.2) is 36.9 Å². The molecule has 1 nitrogen and oxygen atoms in total. The van der Waals surface area contributed by atoms with Crippen LogP contribution in [0.5, 0.6) is 0 Å². The zero-order chi connectivity index (χ0) is 10.7. The third-order valence-corrected chi connectivity index (χ3v) is 6.30. The summed E-state index contributed by atoms with van der Waals surface area (Å²) < 4.78 is 0. The molecule has 0 bridgehead atoms. The number of hydrogen-bond donors (Lipinski definition) is 0. The summed E-state index contributed by atoms with van der Waals surface area (Å²) in [6.07, 6.45) is 10.7. The highest BCUT2D eigenvalue weighted by Crippen LogP contribution is 2.46. The van der Waals surface area contributed by atoms with Crippen LogP contribution in [0, 0.1) is 5.92 Å². The van der Waals surface area contributed by atoms with E-state index < -0.39 is 0 Å². The Morgan fingerprint density at radius 3 is 2.40 bits per heavy atom. The zero-order valence-electron chi connectivity index (χ0n) is 10.3. The second kappa shape index (κ2) is 5.64. The highest BCUT2D eigenvalue weighted by Gasteiger charge is 2.30. The van der Waals surface area contributed by atoms with Crippen LogP contribution in [0.25, 0.3) is 0 Å². The van der Waals surface area contributed by atoms with E-state index in [-0.39, 0.29) is 0 Å². The fourth-order valence-electron chi connectivity index (χ4n) is 3.34. The molecule has 0 spiro atoms. The van der Waals surface area contributed by atoms with Gasteiger partial charge in [-0.2, -0.15) is 0 Å². The molecule has 0 saturated heterocycles. The van der Waals surface area contributed by atoms with Crippen molar-refractivity contribution in [3.8, 4) is 0 Å². The molecule has 88 valence electrons. The molecule has 0 aromatic heterocycles. The molecule has 0 heterocycles. The third kappa shape index (κ3) is 3.43. The fourth-order valence-corrected chi connectivity index (χ4v) is 5.60. The first kappa shape index (κ1) is 11.9. The largest absolute Gasteiger partial charge is 0.309 e. The highest BCUT2D eigenvalue weighted by atomic mass is 31.1. The number of hydrogen-bond acceptors (Lipinski definition) is 1. The SMILES string of the molecule is CN(C)C[C@@H]1CCCC1PC1CCCC1. The lowest BCUT2D eigenvalue weighted by Gasteiger charge is -2.25. The molecule has 0 aromatic rings. The van der Waals surface area contributed by atoms with Crippen molar-refractivity contribution in [3.05, 3.63) is 0 Å². The first-order chi connectivity index (χ1) is 7.25. The van der Waals surface area contributed by atoms with Crippen molar-refractivity contribution in [2.45, 2.75) is 56.3 Å². The molecule has 2 aliphatic carbocycles. The summed E-state index contributed by atoms with van der Waals surface area (Å²) in [5.74, 6) is 1.03. The summed E-state index contributed by atoms with van der Waals surface area (Å²) in [4.78, 5) is 2.39. The van der Waals surface area contributed by atoms with Gasteiger partial charge in [0.15, 0.2) is 0 Å². The van der Waals surface area contributed by atoms with Gasteiger partial charge in [0.05, 0.1) is 0 Å². The van der Waals surface area contributed by atoms with Gasteiger partial charge < -0.3 is 4.90 Å². The Hall–Kier alpha value is 0.390. The Labute approximate surface area is 96.8 Å². The van der Waals surface area contributed by atoms with Crippen molar-refractivity contribution < 1.29 is 0 Å². The van der Waals surface area contributed by atoms with Gasteiger partial charge in [0.2, 0.25) is 0 Å². The van der Waals surface area contributed by atoms with Crippen molar-refractivity contribution in [3.63, 3.8) is 0 Å². The normalized spacial score (nSPS) is 33.8. The maximum atomic E-state index is 2.39. The predicted octanol–water partition coefficient (Wildman–Crippen LogP) is 3.34. The maximum Gasteiger partial charge on any atom is 0.000951 e. The predicted molar refractivity (Wildman–Crippen MR) is 70.3 cm³/mol. The van der Waals surface area contributed by atoms with Crippen molar-refractivity contribution >= 4 is 8.58 Å². The average molecular weight is 227 g/mol. The molecule has 2 unspecified atom stereocenters. The molecule has 0 amide bonds. The standard InChI is InChI=1S/C13H26NP/c1-14(2)10-11-6-5-9-13(11)15-12-7-3-4-8-12/h11-13,15H,3-10H2,1-2H3/t11-,13?/m0/s1. The molecule has 2 saturated carbocycles. The second-order valence-electron chi connectivity index (χ2n) is 5.71. The van der Waals surface area contributed by atoms with E-state index >= 15 is 0 Å². The molecular weight excluding hydrogens is 201 g/mol. The van der Waals surface area contributed by atoms with Gasteiger partial charge in [-0.25, -0.2) is 0 Å². The summed E-state index contributed by atoms with van der Waals surface area (Å²) in [5, 5.41) is 0. The van der Waals surface area contributed by atoms with E-state index in [0.29, 0.717) is 0 Å². The van der Waals surface area contributed by atoms with Gasteiger partial charge in [-0.3, -0.25) is 0 Å². The van der Waals surface area contributed by atoms with Crippen LogP contribution in [0.1, 0.15) is 44.9 Å². The first-order valence-electron chi connectivity index (χ1n) is 6.66. The minimum Gasteiger partial charge on any atom is -0.309 e. The molecule has 15 heavy (non-hydrogen) atoms. The van der Waals surface area contributed by atoms with Crippen LogP contribution in [0.15, 0.2) is 0 Å². The fraction of sp³-hybridized carbons (Fsp3) is 1.00. The van der Waals surface area contributed by atoms with Gasteiger partial charge >= 0.3 is 0 Å². The van der Waals surface area contributed by atoms with Crippen LogP contribution < -0.4 is 0 Å². The lowest BCUT2D eigenvalue weighted by Crippen LogP contribution is -2.25. The zero-order valence-corrected chi connectivity index (χ0v) is 11.3. The second-order valence-corrected chi connectivity index (χ2v) is 7.60. The van der Waals surface area contributed by atoms with Crippen molar-refractivity contribution in [2.24, 2.45) is 5.92 Å². The lowest BCUT2D eigenvalue weighted by atomic mass is 10.1. The molecule has 2 aliphatic rings. The van der Waals surface area contributed by atoms with Crippen LogP contribution in [0.3, 0.4) is 0 Å². The van der Waals surface area contributed by atoms with E-state index in [9.17, 15) is 0 Å². The minimum absolute atomic E-state index is 1.03. The smallest absolute Gasteiger partial charge is 0.000951 e. The Kier molecular flexibility index (Phi) is 4.46. The van der Waals surface area contributed by atoms with Gasteiger partial charge in [0, 0.05) is 6.54 Å². The Morgan fingerprint density at radius 2 is 1.73 bits per heavy atom. The van der Waals surface area contributed by atoms with Crippen molar-refractivity contribution in [2.75, 3.05) is 20.6 Å². The summed E-state index contributed by atoms with van der Waals surface area (Å²) in [6, 6.07) is 0. The first-order valence-corrected chi connectivity index (χ1v) is 7.82. The van der Waals surface area contributed by atoms with Gasteiger partial charge in [-0.1, -0.05) is 19.3 Å². The number of nitrogens with zero attached hydrogens (tertiary/aromatic N) is 1.